The molecule has 0 aromatic carbocycles. The molecule has 2 aromatic heterocycles. The van der Waals surface area contributed by atoms with Gasteiger partial charge in [-0.1, -0.05) is 25.4 Å². The fourth-order valence-electron chi connectivity index (χ4n) is 1.43. The van der Waals surface area contributed by atoms with Gasteiger partial charge in [-0.2, -0.15) is 0 Å². The van der Waals surface area contributed by atoms with Crippen LogP contribution in [0.3, 0.4) is 0 Å². The standard InChI is InChI=1S/C12H14ClN3S/c1-7(2)8-6-11(14-3)16-12(15-8)9-4-5-10(13)17-9/h4-7H,1-3H3,(H,14,15,16). The largest absolute Gasteiger partial charge is 0.373 e. The lowest BCUT2D eigenvalue weighted by atomic mass is 10.1. The van der Waals surface area contributed by atoms with E-state index in [1.54, 1.807) is 0 Å². The van der Waals surface area contributed by atoms with Crippen LogP contribution in [0.1, 0.15) is 25.5 Å². The number of anilines is 1. The highest BCUT2D eigenvalue weighted by molar-refractivity contribution is 7.19. The molecule has 5 heteroatoms. The average Bonchev–Trinajstić information content (AvgIpc) is 2.75. The van der Waals surface area contributed by atoms with E-state index < -0.39 is 0 Å². The highest BCUT2D eigenvalue weighted by Gasteiger charge is 2.10. The minimum absolute atomic E-state index is 0.374. The highest BCUT2D eigenvalue weighted by Crippen LogP contribution is 2.30. The number of nitrogens with zero attached hydrogens (tertiary/aromatic N) is 2. The Labute approximate surface area is 110 Å². The Hall–Kier alpha value is -1.13. The molecule has 0 spiro atoms. The minimum Gasteiger partial charge on any atom is -0.373 e. The second-order valence-corrected chi connectivity index (χ2v) is 5.73. The molecule has 0 bridgehead atoms. The van der Waals surface area contributed by atoms with Crippen molar-refractivity contribution in [2.24, 2.45) is 0 Å². The van der Waals surface area contributed by atoms with Gasteiger partial charge in [0.1, 0.15) is 5.82 Å². The van der Waals surface area contributed by atoms with Gasteiger partial charge in [0.2, 0.25) is 0 Å². The van der Waals surface area contributed by atoms with Crippen LogP contribution in [0.5, 0.6) is 0 Å². The summed E-state index contributed by atoms with van der Waals surface area (Å²) in [5.74, 6) is 1.94. The van der Waals surface area contributed by atoms with E-state index in [0.717, 1.165) is 26.5 Å². The van der Waals surface area contributed by atoms with Crippen LogP contribution in [0.2, 0.25) is 4.34 Å². The van der Waals surface area contributed by atoms with Gasteiger partial charge in [0.05, 0.1) is 9.21 Å². The molecule has 2 rings (SSSR count). The van der Waals surface area contributed by atoms with Crippen molar-refractivity contribution in [3.63, 3.8) is 0 Å². The first-order chi connectivity index (χ1) is 8.10. The smallest absolute Gasteiger partial charge is 0.171 e. The molecule has 0 saturated carbocycles. The number of rotatable bonds is 3. The van der Waals surface area contributed by atoms with Crippen molar-refractivity contribution in [3.05, 3.63) is 28.2 Å². The summed E-state index contributed by atoms with van der Waals surface area (Å²) < 4.78 is 0.754. The number of thiophene rings is 1. The van der Waals surface area contributed by atoms with E-state index in [-0.39, 0.29) is 0 Å². The van der Waals surface area contributed by atoms with Gasteiger partial charge in [-0.15, -0.1) is 11.3 Å². The molecule has 0 aliphatic rings. The molecule has 0 fully saturated rings. The molecule has 0 atom stereocenters. The van der Waals surface area contributed by atoms with Crippen LogP contribution in [-0.2, 0) is 0 Å². The maximum absolute atomic E-state index is 5.93. The summed E-state index contributed by atoms with van der Waals surface area (Å²) in [6.45, 7) is 4.24. The summed E-state index contributed by atoms with van der Waals surface area (Å²) >= 11 is 7.43. The second kappa shape index (κ2) is 5.02. The molecule has 90 valence electrons. The zero-order valence-electron chi connectivity index (χ0n) is 9.99. The van der Waals surface area contributed by atoms with Gasteiger partial charge in [0.25, 0.3) is 0 Å². The predicted molar refractivity (Wildman–Crippen MR) is 74.0 cm³/mol. The molecular weight excluding hydrogens is 254 g/mol. The van der Waals surface area contributed by atoms with Crippen molar-refractivity contribution in [3.8, 4) is 10.7 Å². The molecule has 2 aromatic rings. The lowest BCUT2D eigenvalue weighted by Gasteiger charge is -2.08. The molecule has 3 nitrogen and oxygen atoms in total. The SMILES string of the molecule is CNc1cc(C(C)C)nc(-c2ccc(Cl)s2)n1. The van der Waals surface area contributed by atoms with E-state index in [0.29, 0.717) is 5.92 Å². The molecule has 0 radical (unpaired) electrons. The monoisotopic (exact) mass is 267 g/mol. The van der Waals surface area contributed by atoms with Crippen molar-refractivity contribution in [1.29, 1.82) is 0 Å². The van der Waals surface area contributed by atoms with Crippen LogP contribution in [0, 0.1) is 0 Å². The van der Waals surface area contributed by atoms with E-state index in [9.17, 15) is 0 Å². The topological polar surface area (TPSA) is 37.8 Å². The Kier molecular flexibility index (Phi) is 3.64. The molecule has 0 aliphatic heterocycles. The number of aromatic nitrogens is 2. The van der Waals surface area contributed by atoms with Crippen LogP contribution in [-0.4, -0.2) is 17.0 Å². The Morgan fingerprint density at radius 1 is 1.29 bits per heavy atom. The molecule has 2 heterocycles. The van der Waals surface area contributed by atoms with Gasteiger partial charge in [0.15, 0.2) is 5.82 Å². The second-order valence-electron chi connectivity index (χ2n) is 4.01. The maximum atomic E-state index is 5.93. The third kappa shape index (κ3) is 2.76. The van der Waals surface area contributed by atoms with Crippen molar-refractivity contribution in [1.82, 2.24) is 9.97 Å². The Bertz CT molecular complexity index is 522. The maximum Gasteiger partial charge on any atom is 0.171 e. The lowest BCUT2D eigenvalue weighted by molar-refractivity contribution is 0.818. The zero-order valence-corrected chi connectivity index (χ0v) is 11.6. The van der Waals surface area contributed by atoms with Crippen LogP contribution in [0.15, 0.2) is 18.2 Å². The fraction of sp³-hybridized carbons (Fsp3) is 0.333. The van der Waals surface area contributed by atoms with Gasteiger partial charge in [-0.3, -0.25) is 0 Å². The normalized spacial score (nSPS) is 10.9. The fourth-order valence-corrected chi connectivity index (χ4v) is 2.41. The lowest BCUT2D eigenvalue weighted by Crippen LogP contribution is -2.01. The van der Waals surface area contributed by atoms with Gasteiger partial charge in [0, 0.05) is 18.8 Å². The predicted octanol–water partition coefficient (Wildman–Crippen LogP) is 4.02. The van der Waals surface area contributed by atoms with Crippen molar-refractivity contribution < 1.29 is 0 Å². The summed E-state index contributed by atoms with van der Waals surface area (Å²) in [4.78, 5) is 10.0. The van der Waals surface area contributed by atoms with Gasteiger partial charge in [-0.25, -0.2) is 9.97 Å². The molecule has 1 N–H and O–H groups in total. The summed E-state index contributed by atoms with van der Waals surface area (Å²) in [7, 11) is 1.86. The quantitative estimate of drug-likeness (QED) is 0.913. The zero-order chi connectivity index (χ0) is 12.4. The van der Waals surface area contributed by atoms with E-state index in [2.05, 4.69) is 29.1 Å². The van der Waals surface area contributed by atoms with E-state index in [4.69, 9.17) is 11.6 Å². The Morgan fingerprint density at radius 2 is 2.06 bits per heavy atom. The number of hydrogen-bond acceptors (Lipinski definition) is 4. The minimum atomic E-state index is 0.374. The Morgan fingerprint density at radius 3 is 2.59 bits per heavy atom. The van der Waals surface area contributed by atoms with Crippen LogP contribution >= 0.6 is 22.9 Å². The molecular formula is C12H14ClN3S. The van der Waals surface area contributed by atoms with Crippen molar-refractivity contribution in [2.45, 2.75) is 19.8 Å². The third-order valence-corrected chi connectivity index (χ3v) is 3.61. The summed E-state index contributed by atoms with van der Waals surface area (Å²) in [5.41, 5.74) is 1.03. The first-order valence-corrected chi connectivity index (χ1v) is 6.62. The molecule has 0 amide bonds. The van der Waals surface area contributed by atoms with E-state index in [1.165, 1.54) is 11.3 Å². The van der Waals surface area contributed by atoms with Crippen molar-refractivity contribution >= 4 is 28.8 Å². The van der Waals surface area contributed by atoms with Gasteiger partial charge < -0.3 is 5.32 Å². The molecule has 0 aliphatic carbocycles. The van der Waals surface area contributed by atoms with Crippen LogP contribution < -0.4 is 5.32 Å². The molecule has 0 unspecified atom stereocenters. The van der Waals surface area contributed by atoms with Crippen molar-refractivity contribution in [2.75, 3.05) is 12.4 Å². The third-order valence-electron chi connectivity index (χ3n) is 2.39. The highest BCUT2D eigenvalue weighted by atomic mass is 35.5. The first kappa shape index (κ1) is 12.3. The average molecular weight is 268 g/mol. The first-order valence-electron chi connectivity index (χ1n) is 5.42. The number of nitrogens with one attached hydrogen (secondary N) is 1. The summed E-state index contributed by atoms with van der Waals surface area (Å²) in [6, 6.07) is 5.79. The summed E-state index contributed by atoms with van der Waals surface area (Å²) in [5, 5.41) is 3.06. The molecule has 17 heavy (non-hydrogen) atoms. The Balaban J connectivity index is 2.49. The number of halogens is 1. The summed E-state index contributed by atoms with van der Waals surface area (Å²) in [6.07, 6.45) is 0. The molecule has 0 saturated heterocycles. The van der Waals surface area contributed by atoms with E-state index >= 15 is 0 Å². The van der Waals surface area contributed by atoms with Gasteiger partial charge >= 0.3 is 0 Å². The number of hydrogen-bond donors (Lipinski definition) is 1. The van der Waals surface area contributed by atoms with Crippen LogP contribution in [0.4, 0.5) is 5.82 Å². The van der Waals surface area contributed by atoms with Gasteiger partial charge in [-0.05, 0) is 18.1 Å². The van der Waals surface area contributed by atoms with E-state index in [1.807, 2.05) is 25.2 Å². The van der Waals surface area contributed by atoms with Crippen LogP contribution in [0.25, 0.3) is 10.7 Å².